The van der Waals surface area contributed by atoms with Crippen LogP contribution in [0.1, 0.15) is 11.8 Å². The minimum absolute atomic E-state index is 0.103. The molecule has 1 rings (SSSR count). The number of likely N-dealkylation sites (N-methyl/N-ethyl adjacent to an activating group) is 1. The molecule has 1 aromatic heterocycles. The predicted molar refractivity (Wildman–Crippen MR) is 60.6 cm³/mol. The molecule has 5 heteroatoms. The number of carboxylic acid groups (broad SMARTS) is 1. The highest BCUT2D eigenvalue weighted by Gasteiger charge is 2.09. The summed E-state index contributed by atoms with van der Waals surface area (Å²) in [6.07, 6.45) is 0. The summed E-state index contributed by atoms with van der Waals surface area (Å²) in [5.41, 5.74) is 0. The van der Waals surface area contributed by atoms with Gasteiger partial charge in [0.15, 0.2) is 0 Å². The lowest BCUT2D eigenvalue weighted by atomic mass is 10.4. The van der Waals surface area contributed by atoms with Crippen molar-refractivity contribution in [1.82, 2.24) is 4.90 Å². The van der Waals surface area contributed by atoms with Crippen LogP contribution in [0.3, 0.4) is 0 Å². The van der Waals surface area contributed by atoms with Crippen molar-refractivity contribution in [2.24, 2.45) is 0 Å². The average molecular weight is 278 g/mol. The molecule has 0 atom stereocenters. The van der Waals surface area contributed by atoms with Gasteiger partial charge in [-0.25, -0.2) is 0 Å². The van der Waals surface area contributed by atoms with Gasteiger partial charge in [0.05, 0.1) is 10.3 Å². The fourth-order valence-corrected chi connectivity index (χ4v) is 2.65. The van der Waals surface area contributed by atoms with Crippen LogP contribution in [-0.2, 0) is 11.3 Å². The number of nitrogens with zero attached hydrogens (tertiary/aromatic N) is 1. The summed E-state index contributed by atoms with van der Waals surface area (Å²) in [5, 5.41) is 8.65. The molecule has 14 heavy (non-hydrogen) atoms. The third-order valence-corrected chi connectivity index (χ3v) is 3.42. The van der Waals surface area contributed by atoms with Gasteiger partial charge in [0.25, 0.3) is 0 Å². The third-order valence-electron chi connectivity index (χ3n) is 1.81. The van der Waals surface area contributed by atoms with Crippen LogP contribution in [-0.4, -0.2) is 29.1 Å². The Bertz CT molecular complexity index is 314. The highest BCUT2D eigenvalue weighted by Crippen LogP contribution is 2.23. The monoisotopic (exact) mass is 277 g/mol. The Kier molecular flexibility index (Phi) is 4.57. The van der Waals surface area contributed by atoms with Crippen molar-refractivity contribution in [3.63, 3.8) is 0 Å². The number of carbonyl (C=O) groups is 1. The molecule has 0 saturated heterocycles. The number of hydrogen-bond acceptors (Lipinski definition) is 3. The maximum atomic E-state index is 10.5. The van der Waals surface area contributed by atoms with E-state index in [2.05, 4.69) is 15.9 Å². The average Bonchev–Trinajstić information content (AvgIpc) is 2.49. The smallest absolute Gasteiger partial charge is 0.317 e. The predicted octanol–water partition coefficient (Wildman–Crippen LogP) is 2.42. The van der Waals surface area contributed by atoms with Crippen LogP contribution in [0.5, 0.6) is 0 Å². The molecule has 1 N–H and O–H groups in total. The van der Waals surface area contributed by atoms with Crippen molar-refractivity contribution >= 4 is 33.2 Å². The van der Waals surface area contributed by atoms with Gasteiger partial charge in [-0.2, -0.15) is 0 Å². The van der Waals surface area contributed by atoms with E-state index in [1.807, 2.05) is 24.0 Å². The third kappa shape index (κ3) is 3.77. The van der Waals surface area contributed by atoms with E-state index >= 15 is 0 Å². The SMILES string of the molecule is CCN(CC(=O)O)Cc1ccc(Br)s1. The molecule has 1 heterocycles. The lowest BCUT2D eigenvalue weighted by molar-refractivity contribution is -0.138. The summed E-state index contributed by atoms with van der Waals surface area (Å²) in [5.74, 6) is -0.775. The number of hydrogen-bond donors (Lipinski definition) is 1. The topological polar surface area (TPSA) is 40.5 Å². The van der Waals surface area contributed by atoms with Crippen molar-refractivity contribution in [2.45, 2.75) is 13.5 Å². The molecule has 0 saturated carbocycles. The Morgan fingerprint density at radius 2 is 2.36 bits per heavy atom. The Hall–Kier alpha value is -0.390. The van der Waals surface area contributed by atoms with E-state index in [0.29, 0.717) is 6.54 Å². The molecule has 0 amide bonds. The Morgan fingerprint density at radius 3 is 2.79 bits per heavy atom. The number of aliphatic carboxylic acids is 1. The molecule has 0 unspecified atom stereocenters. The maximum absolute atomic E-state index is 10.5. The van der Waals surface area contributed by atoms with Crippen LogP contribution < -0.4 is 0 Å². The second kappa shape index (κ2) is 5.48. The Morgan fingerprint density at radius 1 is 1.64 bits per heavy atom. The van der Waals surface area contributed by atoms with Crippen molar-refractivity contribution in [1.29, 1.82) is 0 Å². The van der Waals surface area contributed by atoms with E-state index in [1.165, 1.54) is 4.88 Å². The van der Waals surface area contributed by atoms with E-state index in [-0.39, 0.29) is 6.54 Å². The van der Waals surface area contributed by atoms with E-state index < -0.39 is 5.97 Å². The summed E-state index contributed by atoms with van der Waals surface area (Å²) >= 11 is 5.02. The van der Waals surface area contributed by atoms with Crippen molar-refractivity contribution in [3.8, 4) is 0 Å². The molecule has 0 aliphatic heterocycles. The summed E-state index contributed by atoms with van der Waals surface area (Å²) in [6.45, 7) is 3.53. The molecule has 0 spiro atoms. The molecule has 0 aliphatic carbocycles. The maximum Gasteiger partial charge on any atom is 0.317 e. The lowest BCUT2D eigenvalue weighted by Crippen LogP contribution is -2.28. The molecular weight excluding hydrogens is 266 g/mol. The zero-order valence-electron chi connectivity index (χ0n) is 7.86. The minimum Gasteiger partial charge on any atom is -0.480 e. The Balaban J connectivity index is 2.52. The van der Waals surface area contributed by atoms with Crippen LogP contribution in [0.2, 0.25) is 0 Å². The second-order valence-electron chi connectivity index (χ2n) is 2.90. The van der Waals surface area contributed by atoms with Crippen LogP contribution in [0.15, 0.2) is 15.9 Å². The van der Waals surface area contributed by atoms with E-state index in [9.17, 15) is 4.79 Å². The molecule has 78 valence electrons. The van der Waals surface area contributed by atoms with Gasteiger partial charge in [-0.3, -0.25) is 9.69 Å². The minimum atomic E-state index is -0.775. The van der Waals surface area contributed by atoms with Crippen LogP contribution in [0.4, 0.5) is 0 Å². The second-order valence-corrected chi connectivity index (χ2v) is 5.45. The first-order valence-electron chi connectivity index (χ1n) is 4.30. The lowest BCUT2D eigenvalue weighted by Gasteiger charge is -2.16. The molecule has 3 nitrogen and oxygen atoms in total. The number of halogens is 1. The van der Waals surface area contributed by atoms with Gasteiger partial charge < -0.3 is 5.11 Å². The van der Waals surface area contributed by atoms with Crippen LogP contribution in [0.25, 0.3) is 0 Å². The van der Waals surface area contributed by atoms with Crippen molar-refractivity contribution < 1.29 is 9.90 Å². The molecule has 1 aromatic rings. The zero-order valence-corrected chi connectivity index (χ0v) is 10.3. The van der Waals surface area contributed by atoms with Crippen LogP contribution >= 0.6 is 27.3 Å². The molecule has 0 bridgehead atoms. The van der Waals surface area contributed by atoms with Crippen molar-refractivity contribution in [3.05, 3.63) is 20.8 Å². The summed E-state index contributed by atoms with van der Waals surface area (Å²) in [6, 6.07) is 3.99. The van der Waals surface area contributed by atoms with Gasteiger partial charge in [0.1, 0.15) is 0 Å². The largest absolute Gasteiger partial charge is 0.480 e. The molecule has 0 fully saturated rings. The number of carboxylic acids is 1. The highest BCUT2D eigenvalue weighted by atomic mass is 79.9. The number of thiophene rings is 1. The fraction of sp³-hybridized carbons (Fsp3) is 0.444. The molecule has 0 aromatic carbocycles. The summed E-state index contributed by atoms with van der Waals surface area (Å²) in [7, 11) is 0. The molecule has 0 aliphatic rings. The molecule has 0 radical (unpaired) electrons. The standard InChI is InChI=1S/C9H12BrNO2S/c1-2-11(6-9(12)13)5-7-3-4-8(10)14-7/h3-4H,2,5-6H2,1H3,(H,12,13). The quantitative estimate of drug-likeness (QED) is 0.899. The van der Waals surface area contributed by atoms with Crippen molar-refractivity contribution in [2.75, 3.05) is 13.1 Å². The van der Waals surface area contributed by atoms with Gasteiger partial charge in [-0.1, -0.05) is 6.92 Å². The normalized spacial score (nSPS) is 10.8. The first-order valence-corrected chi connectivity index (χ1v) is 5.91. The summed E-state index contributed by atoms with van der Waals surface area (Å²) < 4.78 is 1.08. The van der Waals surface area contributed by atoms with Crippen LogP contribution in [0, 0.1) is 0 Å². The van der Waals surface area contributed by atoms with Gasteiger partial charge in [-0.15, -0.1) is 11.3 Å². The van der Waals surface area contributed by atoms with E-state index in [1.54, 1.807) is 11.3 Å². The Labute approximate surface area is 95.5 Å². The van der Waals surface area contributed by atoms with Gasteiger partial charge in [0.2, 0.25) is 0 Å². The fourth-order valence-electron chi connectivity index (χ4n) is 1.13. The molecular formula is C9H12BrNO2S. The first-order chi connectivity index (χ1) is 6.61. The zero-order chi connectivity index (χ0) is 10.6. The van der Waals surface area contributed by atoms with Gasteiger partial charge in [-0.05, 0) is 34.6 Å². The summed E-state index contributed by atoms with van der Waals surface area (Å²) in [4.78, 5) is 13.6. The van der Waals surface area contributed by atoms with E-state index in [0.717, 1.165) is 10.3 Å². The van der Waals surface area contributed by atoms with E-state index in [4.69, 9.17) is 5.11 Å². The first kappa shape index (κ1) is 11.7. The van der Waals surface area contributed by atoms with Gasteiger partial charge in [0, 0.05) is 11.4 Å². The number of rotatable bonds is 5. The highest BCUT2D eigenvalue weighted by molar-refractivity contribution is 9.11. The van der Waals surface area contributed by atoms with Gasteiger partial charge >= 0.3 is 5.97 Å².